The van der Waals surface area contributed by atoms with Crippen molar-refractivity contribution in [2.45, 2.75) is 0 Å². The van der Waals surface area contributed by atoms with Gasteiger partial charge in [0.05, 0.1) is 21.4 Å². The highest BCUT2D eigenvalue weighted by Gasteiger charge is 2.25. The topological polar surface area (TPSA) is 90.9 Å². The summed E-state index contributed by atoms with van der Waals surface area (Å²) in [5.41, 5.74) is 5.85. The maximum absolute atomic E-state index is 8.54. The Morgan fingerprint density at radius 2 is 1.11 bits per heavy atom. The van der Waals surface area contributed by atoms with Crippen LogP contribution in [-0.4, -0.2) is 9.13 Å². The average molecular weight is 444 g/mol. The minimum Gasteiger partial charge on any atom is -0.281 e. The van der Waals surface area contributed by atoms with Gasteiger partial charge in [-0.15, -0.1) is 0 Å². The first-order valence-corrected chi connectivity index (χ1v) is 8.99. The van der Waals surface area contributed by atoms with Crippen LogP contribution in [0.3, 0.4) is 0 Å². The van der Waals surface area contributed by atoms with Crippen LogP contribution in [0.15, 0.2) is 36.4 Å². The third kappa shape index (κ3) is 2.97. The molecule has 1 aliphatic rings. The smallest absolute Gasteiger partial charge is 0.182 e. The van der Waals surface area contributed by atoms with Crippen molar-refractivity contribution in [3.05, 3.63) is 67.5 Å². The summed E-state index contributed by atoms with van der Waals surface area (Å²) in [4.78, 5) is 5.13. The molecule has 7 nitrogen and oxygen atoms in total. The van der Waals surface area contributed by atoms with E-state index in [9.17, 15) is 0 Å². The fourth-order valence-corrected chi connectivity index (χ4v) is 3.49. The molecule has 138 valence electrons. The van der Waals surface area contributed by atoms with Crippen molar-refractivity contribution in [3.63, 3.8) is 0 Å². The fraction of sp³-hybridized carbons (Fsp3) is 0. The normalized spacial score (nSPS) is 12.4. The Balaban J connectivity index is 2.10. The van der Waals surface area contributed by atoms with Gasteiger partial charge in [-0.05, 0) is 36.4 Å². The van der Waals surface area contributed by atoms with Crippen molar-refractivity contribution in [3.8, 4) is 11.4 Å². The number of halogens is 4. The molecule has 4 rings (SSSR count). The van der Waals surface area contributed by atoms with Crippen LogP contribution in [0.1, 0.15) is 0 Å². The molecule has 0 fully saturated rings. The molecular weight excluding hydrogens is 434 g/mol. The predicted octanol–water partition coefficient (Wildman–Crippen LogP) is 4.52. The van der Waals surface area contributed by atoms with Gasteiger partial charge in [0.1, 0.15) is 0 Å². The molecule has 2 aromatic carbocycles. The molecule has 0 amide bonds. The zero-order valence-electron chi connectivity index (χ0n) is 13.3. The van der Waals surface area contributed by atoms with Crippen LogP contribution in [0.2, 0.25) is 20.1 Å². The summed E-state index contributed by atoms with van der Waals surface area (Å²) < 4.78 is 2.83. The third-order valence-electron chi connectivity index (χ3n) is 3.94. The van der Waals surface area contributed by atoms with E-state index in [2.05, 4.69) is 11.0 Å². The lowest BCUT2D eigenvalue weighted by molar-refractivity contribution is 0.279. The summed E-state index contributed by atoms with van der Waals surface area (Å²) >= 11 is 24.8. The molecule has 4 N–H and O–H groups in total. The third-order valence-corrected chi connectivity index (χ3v) is 5.05. The molecule has 11 heteroatoms. The molecule has 0 bridgehead atoms. The first-order valence-electron chi connectivity index (χ1n) is 7.48. The highest BCUT2D eigenvalue weighted by atomic mass is 35.5. The molecule has 27 heavy (non-hydrogen) atoms. The van der Waals surface area contributed by atoms with Crippen LogP contribution in [0.4, 0.5) is 11.6 Å². The monoisotopic (exact) mass is 442 g/mol. The standard InChI is InChI=1S/C16H10Cl4N6O/c17-7-1-3-9(19)11(5-7)25-13(21)14(22)26(16-15(25)23-27-24-16)12-6-8(18)2-4-10(12)20/h1-6,21-24H. The number of hydrogen-bond donors (Lipinski definition) is 4. The molecule has 3 aromatic rings. The fourth-order valence-electron chi connectivity index (χ4n) is 2.75. The minimum absolute atomic E-state index is 0.172. The van der Waals surface area contributed by atoms with Gasteiger partial charge in [-0.25, -0.2) is 11.0 Å². The molecule has 0 spiro atoms. The molecule has 2 heterocycles. The number of aromatic nitrogens is 2. The molecule has 0 atom stereocenters. The van der Waals surface area contributed by atoms with Gasteiger partial charge in [-0.3, -0.25) is 20.0 Å². The van der Waals surface area contributed by atoms with Gasteiger partial charge in [-0.2, -0.15) is 4.94 Å². The SMILES string of the molecule is N=c1c(=N)n(-c2cc(Cl)ccc2Cl)c2c(n1-c1cc(Cl)ccc1Cl)NON2. The van der Waals surface area contributed by atoms with Crippen LogP contribution in [0.5, 0.6) is 0 Å². The number of rotatable bonds is 2. The Kier molecular flexibility index (Phi) is 4.57. The summed E-state index contributed by atoms with van der Waals surface area (Å²) in [6, 6.07) is 9.68. The molecule has 0 saturated carbocycles. The molecule has 0 radical (unpaired) electrons. The van der Waals surface area contributed by atoms with Crippen LogP contribution in [0, 0.1) is 10.8 Å². The number of anilines is 2. The van der Waals surface area contributed by atoms with E-state index in [1.165, 1.54) is 9.13 Å². The Morgan fingerprint density at radius 1 is 0.704 bits per heavy atom. The van der Waals surface area contributed by atoms with E-state index in [1.807, 2.05) is 0 Å². The molecule has 0 unspecified atom stereocenters. The average Bonchev–Trinajstić information content (AvgIpc) is 3.10. The van der Waals surface area contributed by atoms with Crippen molar-refractivity contribution in [1.29, 1.82) is 10.8 Å². The highest BCUT2D eigenvalue weighted by molar-refractivity contribution is 6.35. The molecule has 0 aliphatic carbocycles. The predicted molar refractivity (Wildman–Crippen MR) is 105 cm³/mol. The van der Waals surface area contributed by atoms with Crippen molar-refractivity contribution in [1.82, 2.24) is 9.13 Å². The summed E-state index contributed by atoms with van der Waals surface area (Å²) in [5, 5.41) is 18.6. The number of benzene rings is 2. The Labute approximate surface area is 172 Å². The lowest BCUT2D eigenvalue weighted by atomic mass is 10.3. The van der Waals surface area contributed by atoms with Crippen molar-refractivity contribution in [2.24, 2.45) is 0 Å². The van der Waals surface area contributed by atoms with E-state index in [-0.39, 0.29) is 11.0 Å². The summed E-state index contributed by atoms with van der Waals surface area (Å²) in [6.45, 7) is 0. The molecular formula is C16H10Cl4N6O. The van der Waals surface area contributed by atoms with Gasteiger partial charge in [0.15, 0.2) is 22.6 Å². The van der Waals surface area contributed by atoms with Crippen molar-refractivity contribution in [2.75, 3.05) is 11.0 Å². The van der Waals surface area contributed by atoms with Gasteiger partial charge in [0, 0.05) is 10.0 Å². The number of nitrogens with one attached hydrogen (secondary N) is 4. The second-order valence-electron chi connectivity index (χ2n) is 5.56. The second kappa shape index (κ2) is 6.78. The lowest BCUT2D eigenvalue weighted by Gasteiger charge is -2.18. The number of hydrogen-bond acceptors (Lipinski definition) is 5. The van der Waals surface area contributed by atoms with E-state index in [0.29, 0.717) is 43.1 Å². The Morgan fingerprint density at radius 3 is 1.52 bits per heavy atom. The Hall–Kier alpha value is -2.16. The van der Waals surface area contributed by atoms with Gasteiger partial charge in [0.25, 0.3) is 0 Å². The van der Waals surface area contributed by atoms with Gasteiger partial charge in [-0.1, -0.05) is 46.4 Å². The van der Waals surface area contributed by atoms with E-state index < -0.39 is 0 Å². The second-order valence-corrected chi connectivity index (χ2v) is 7.25. The highest BCUT2D eigenvalue weighted by Crippen LogP contribution is 2.34. The first-order chi connectivity index (χ1) is 12.9. The first kappa shape index (κ1) is 18.2. The van der Waals surface area contributed by atoms with Gasteiger partial charge < -0.3 is 0 Å². The summed E-state index contributed by atoms with van der Waals surface area (Å²) in [7, 11) is 0. The zero-order valence-corrected chi connectivity index (χ0v) is 16.3. The zero-order chi connectivity index (χ0) is 19.3. The van der Waals surface area contributed by atoms with E-state index in [4.69, 9.17) is 62.2 Å². The van der Waals surface area contributed by atoms with E-state index in [0.717, 1.165) is 0 Å². The summed E-state index contributed by atoms with van der Waals surface area (Å²) in [6.07, 6.45) is 0. The van der Waals surface area contributed by atoms with E-state index in [1.54, 1.807) is 36.4 Å². The lowest BCUT2D eigenvalue weighted by Crippen LogP contribution is -2.41. The minimum atomic E-state index is -0.172. The van der Waals surface area contributed by atoms with Crippen LogP contribution < -0.4 is 21.9 Å². The maximum atomic E-state index is 8.54. The van der Waals surface area contributed by atoms with Crippen molar-refractivity contribution >= 4 is 58.0 Å². The van der Waals surface area contributed by atoms with Crippen LogP contribution in [0.25, 0.3) is 11.4 Å². The quantitative estimate of drug-likeness (QED) is 0.469. The van der Waals surface area contributed by atoms with Gasteiger partial charge in [0.2, 0.25) is 0 Å². The van der Waals surface area contributed by atoms with Crippen LogP contribution >= 0.6 is 46.4 Å². The maximum Gasteiger partial charge on any atom is 0.182 e. The van der Waals surface area contributed by atoms with E-state index >= 15 is 0 Å². The molecule has 0 saturated heterocycles. The molecule has 1 aromatic heterocycles. The number of fused-ring (bicyclic) bond motifs is 1. The largest absolute Gasteiger partial charge is 0.281 e. The van der Waals surface area contributed by atoms with Crippen LogP contribution in [-0.2, 0) is 4.94 Å². The Bertz CT molecular complexity index is 1110. The molecule has 1 aliphatic heterocycles. The number of nitrogens with zero attached hydrogens (tertiary/aromatic N) is 2. The van der Waals surface area contributed by atoms with Crippen molar-refractivity contribution < 1.29 is 4.94 Å². The summed E-state index contributed by atoms with van der Waals surface area (Å²) in [5.74, 6) is 0.687. The van der Waals surface area contributed by atoms with Gasteiger partial charge >= 0.3 is 0 Å².